The number of pyridine rings is 1. The number of benzene rings is 1. The normalized spacial score (nSPS) is 22.4. The molecule has 0 bridgehead atoms. The first-order valence-electron chi connectivity index (χ1n) is 7.08. The van der Waals surface area contributed by atoms with Gasteiger partial charge < -0.3 is 0 Å². The molecule has 5 nitrogen and oxygen atoms in total. The van der Waals surface area contributed by atoms with Crippen molar-refractivity contribution in [3.05, 3.63) is 40.7 Å². The molecule has 1 aliphatic rings. The highest BCUT2D eigenvalue weighted by atomic mass is 35.5. The number of nitrogens with one attached hydrogen (secondary N) is 2. The van der Waals surface area contributed by atoms with Gasteiger partial charge in [-0.25, -0.2) is 5.43 Å². The molecule has 6 heteroatoms. The van der Waals surface area contributed by atoms with Crippen molar-refractivity contribution in [2.45, 2.75) is 32.4 Å². The number of halogens is 1. The summed E-state index contributed by atoms with van der Waals surface area (Å²) in [7, 11) is 0. The molecular formula is C15H16ClN5. The van der Waals surface area contributed by atoms with Crippen molar-refractivity contribution in [1.82, 2.24) is 25.4 Å². The van der Waals surface area contributed by atoms with E-state index in [0.717, 1.165) is 28.4 Å². The minimum Gasteiger partial charge on any atom is -0.277 e. The molecule has 21 heavy (non-hydrogen) atoms. The zero-order valence-corrected chi connectivity index (χ0v) is 12.6. The van der Waals surface area contributed by atoms with Crippen LogP contribution in [0.1, 0.15) is 30.8 Å². The maximum Gasteiger partial charge on any atom is 0.161 e. The van der Waals surface area contributed by atoms with Crippen molar-refractivity contribution in [1.29, 1.82) is 0 Å². The number of aryl methyl sites for hydroxylation is 1. The molecule has 1 aromatic carbocycles. The number of hydrogen-bond acceptors (Lipinski definition) is 4. The third kappa shape index (κ3) is 2.00. The lowest BCUT2D eigenvalue weighted by molar-refractivity contribution is 0.541. The van der Waals surface area contributed by atoms with E-state index in [0.29, 0.717) is 6.04 Å². The van der Waals surface area contributed by atoms with Crippen LogP contribution in [0.25, 0.3) is 16.6 Å². The first kappa shape index (κ1) is 13.0. The lowest BCUT2D eigenvalue weighted by Gasteiger charge is -2.11. The number of rotatable bonds is 1. The monoisotopic (exact) mass is 301 g/mol. The van der Waals surface area contributed by atoms with Gasteiger partial charge in [0.1, 0.15) is 0 Å². The van der Waals surface area contributed by atoms with Gasteiger partial charge in [-0.05, 0) is 44.0 Å². The molecule has 3 heterocycles. The van der Waals surface area contributed by atoms with Gasteiger partial charge in [-0.2, -0.15) is 0 Å². The standard InChI is InChI=1S/C15H16ClN5/c1-8-5-14-19-20-15(12-6-9(2)17-18-12)21(14)13-7-10(16)3-4-11(8)13/h3-5,7,9,12,17-18H,6H2,1-2H3. The zero-order valence-electron chi connectivity index (χ0n) is 11.9. The Labute approximate surface area is 127 Å². The maximum atomic E-state index is 6.19. The molecule has 0 saturated carbocycles. The highest BCUT2D eigenvalue weighted by Crippen LogP contribution is 2.28. The molecule has 0 spiro atoms. The van der Waals surface area contributed by atoms with Crippen molar-refractivity contribution < 1.29 is 0 Å². The van der Waals surface area contributed by atoms with E-state index in [4.69, 9.17) is 11.6 Å². The van der Waals surface area contributed by atoms with E-state index in [-0.39, 0.29) is 6.04 Å². The highest BCUT2D eigenvalue weighted by molar-refractivity contribution is 6.31. The molecule has 1 saturated heterocycles. The highest BCUT2D eigenvalue weighted by Gasteiger charge is 2.26. The van der Waals surface area contributed by atoms with Gasteiger partial charge in [0.05, 0.1) is 11.6 Å². The summed E-state index contributed by atoms with van der Waals surface area (Å²) in [4.78, 5) is 0. The summed E-state index contributed by atoms with van der Waals surface area (Å²) in [6.45, 7) is 4.23. The van der Waals surface area contributed by atoms with Crippen molar-refractivity contribution in [3.8, 4) is 0 Å². The Balaban J connectivity index is 2.03. The second-order valence-corrected chi connectivity index (χ2v) is 6.16. The number of nitrogens with zero attached hydrogens (tertiary/aromatic N) is 3. The average molecular weight is 302 g/mol. The number of fused-ring (bicyclic) bond motifs is 3. The minimum atomic E-state index is 0.153. The van der Waals surface area contributed by atoms with Crippen LogP contribution in [0.15, 0.2) is 24.3 Å². The van der Waals surface area contributed by atoms with E-state index in [1.165, 1.54) is 10.9 Å². The molecule has 1 fully saturated rings. The fourth-order valence-corrected chi connectivity index (χ4v) is 3.22. The largest absolute Gasteiger partial charge is 0.277 e. The number of aromatic nitrogens is 3. The van der Waals surface area contributed by atoms with Crippen molar-refractivity contribution in [2.75, 3.05) is 0 Å². The summed E-state index contributed by atoms with van der Waals surface area (Å²) in [6, 6.07) is 8.60. The fourth-order valence-electron chi connectivity index (χ4n) is 3.05. The van der Waals surface area contributed by atoms with E-state index < -0.39 is 0 Å². The molecule has 0 amide bonds. The molecule has 0 aliphatic carbocycles. The van der Waals surface area contributed by atoms with Gasteiger partial charge in [-0.3, -0.25) is 9.83 Å². The van der Waals surface area contributed by atoms with E-state index in [2.05, 4.69) is 51.4 Å². The van der Waals surface area contributed by atoms with Gasteiger partial charge in [0.25, 0.3) is 0 Å². The Kier molecular flexibility index (Phi) is 2.89. The lowest BCUT2D eigenvalue weighted by Crippen LogP contribution is -2.29. The van der Waals surface area contributed by atoms with E-state index in [9.17, 15) is 0 Å². The Morgan fingerprint density at radius 3 is 2.86 bits per heavy atom. The summed E-state index contributed by atoms with van der Waals surface area (Å²) < 4.78 is 2.10. The van der Waals surface area contributed by atoms with Crippen LogP contribution in [-0.4, -0.2) is 20.6 Å². The van der Waals surface area contributed by atoms with Crippen LogP contribution < -0.4 is 10.9 Å². The van der Waals surface area contributed by atoms with E-state index in [1.54, 1.807) is 0 Å². The van der Waals surface area contributed by atoms with Crippen LogP contribution in [0.2, 0.25) is 5.02 Å². The van der Waals surface area contributed by atoms with Gasteiger partial charge in [0.15, 0.2) is 11.5 Å². The molecular weight excluding hydrogens is 286 g/mol. The SMILES string of the molecule is Cc1cc2nnc(C3CC(C)NN3)n2c2cc(Cl)ccc12. The van der Waals surface area contributed by atoms with Crippen LogP contribution >= 0.6 is 11.6 Å². The number of hydrogen-bond donors (Lipinski definition) is 2. The molecule has 4 rings (SSSR count). The molecule has 108 valence electrons. The van der Waals surface area contributed by atoms with Gasteiger partial charge in [-0.1, -0.05) is 17.7 Å². The lowest BCUT2D eigenvalue weighted by atomic mass is 10.1. The van der Waals surface area contributed by atoms with E-state index in [1.807, 2.05) is 12.1 Å². The molecule has 2 N–H and O–H groups in total. The minimum absolute atomic E-state index is 0.153. The van der Waals surface area contributed by atoms with Gasteiger partial charge in [-0.15, -0.1) is 10.2 Å². The molecule has 1 aliphatic heterocycles. The predicted molar refractivity (Wildman–Crippen MR) is 83.3 cm³/mol. The summed E-state index contributed by atoms with van der Waals surface area (Å²) in [5.74, 6) is 0.925. The third-order valence-corrected chi connectivity index (χ3v) is 4.32. The van der Waals surface area contributed by atoms with Crippen LogP contribution in [0.5, 0.6) is 0 Å². The molecule has 2 atom stereocenters. The topological polar surface area (TPSA) is 54.2 Å². The Hall–Kier alpha value is -1.69. The first-order chi connectivity index (χ1) is 10.1. The summed E-state index contributed by atoms with van der Waals surface area (Å²) in [5.41, 5.74) is 9.62. The van der Waals surface area contributed by atoms with Crippen LogP contribution in [0.3, 0.4) is 0 Å². The fraction of sp³-hybridized carbons (Fsp3) is 0.333. The zero-order chi connectivity index (χ0) is 14.6. The molecule has 3 aromatic rings. The van der Waals surface area contributed by atoms with Crippen molar-refractivity contribution in [2.24, 2.45) is 0 Å². The van der Waals surface area contributed by atoms with Gasteiger partial charge >= 0.3 is 0 Å². The van der Waals surface area contributed by atoms with Crippen molar-refractivity contribution >= 4 is 28.2 Å². The smallest absolute Gasteiger partial charge is 0.161 e. The second kappa shape index (κ2) is 4.66. The van der Waals surface area contributed by atoms with Crippen LogP contribution in [-0.2, 0) is 0 Å². The Morgan fingerprint density at radius 2 is 2.10 bits per heavy atom. The second-order valence-electron chi connectivity index (χ2n) is 5.72. The van der Waals surface area contributed by atoms with Crippen molar-refractivity contribution in [3.63, 3.8) is 0 Å². The first-order valence-corrected chi connectivity index (χ1v) is 7.46. The van der Waals surface area contributed by atoms with E-state index >= 15 is 0 Å². The van der Waals surface area contributed by atoms with Crippen LogP contribution in [0.4, 0.5) is 0 Å². The molecule has 0 radical (unpaired) electrons. The van der Waals surface area contributed by atoms with Crippen LogP contribution in [0, 0.1) is 6.92 Å². The summed E-state index contributed by atoms with van der Waals surface area (Å²) >= 11 is 6.19. The summed E-state index contributed by atoms with van der Waals surface area (Å²) in [5, 5.41) is 10.6. The predicted octanol–water partition coefficient (Wildman–Crippen LogP) is 2.77. The Morgan fingerprint density at radius 1 is 1.24 bits per heavy atom. The molecule has 2 aromatic heterocycles. The third-order valence-electron chi connectivity index (χ3n) is 4.09. The van der Waals surface area contributed by atoms with Gasteiger partial charge in [0, 0.05) is 16.5 Å². The number of hydrazine groups is 1. The van der Waals surface area contributed by atoms with Gasteiger partial charge in [0.2, 0.25) is 0 Å². The quantitative estimate of drug-likeness (QED) is 0.726. The summed E-state index contributed by atoms with van der Waals surface area (Å²) in [6.07, 6.45) is 0.983. The molecule has 2 unspecified atom stereocenters. The Bertz CT molecular complexity index is 841. The average Bonchev–Trinajstić information content (AvgIpc) is 3.04. The maximum absolute atomic E-state index is 6.19.